The third-order valence-electron chi connectivity index (χ3n) is 1.98. The molecule has 0 spiro atoms. The fourth-order valence-electron chi connectivity index (χ4n) is 1.24. The quantitative estimate of drug-likeness (QED) is 0.386. The molecule has 0 N–H and O–H groups in total. The summed E-state index contributed by atoms with van der Waals surface area (Å²) in [6, 6.07) is 1.58. The number of rotatable bonds is 0. The molecule has 7 heavy (non-hydrogen) atoms. The number of likely N-dealkylation sites (N-methyl/N-ethyl adjacent to an activating group) is 1. The van der Waals surface area contributed by atoms with E-state index in [9.17, 15) is 0 Å². The lowest BCUT2D eigenvalue weighted by Crippen LogP contribution is -2.06. The Morgan fingerprint density at radius 2 is 2.00 bits per heavy atom. The highest BCUT2D eigenvalue weighted by atomic mass is 16.5. The molecular weight excluding hydrogens is 90.1 g/mol. The molecule has 2 aliphatic rings. The van der Waals surface area contributed by atoms with E-state index in [-0.39, 0.29) is 0 Å². The molecule has 2 atom stereocenters. The van der Waals surface area contributed by atoms with Crippen LogP contribution in [0.1, 0.15) is 0 Å². The zero-order chi connectivity index (χ0) is 4.85. The van der Waals surface area contributed by atoms with Gasteiger partial charge in [0.15, 0.2) is 0 Å². The number of ether oxygens (including phenoxy) is 1. The highest BCUT2D eigenvalue weighted by Gasteiger charge is 2.48. The molecule has 0 saturated carbocycles. The molecule has 2 unspecified atom stereocenters. The summed E-state index contributed by atoms with van der Waals surface area (Å²) < 4.78 is 5.14. The Labute approximate surface area is 43.1 Å². The van der Waals surface area contributed by atoms with Crippen LogP contribution in [-0.4, -0.2) is 37.2 Å². The Morgan fingerprint density at radius 1 is 1.43 bits per heavy atom. The van der Waals surface area contributed by atoms with Crippen LogP contribution >= 0.6 is 0 Å². The van der Waals surface area contributed by atoms with E-state index in [0.29, 0.717) is 0 Å². The summed E-state index contributed by atoms with van der Waals surface area (Å²) >= 11 is 0. The van der Waals surface area contributed by atoms with Crippen molar-refractivity contribution in [3.05, 3.63) is 0 Å². The summed E-state index contributed by atoms with van der Waals surface area (Å²) in [5, 5.41) is 0. The molecule has 0 aliphatic carbocycles. The molecule has 2 rings (SSSR count). The summed E-state index contributed by atoms with van der Waals surface area (Å²) in [5.41, 5.74) is 0. The minimum atomic E-state index is 0.792. The maximum Gasteiger partial charge on any atom is 0.0638 e. The molecule has 0 bridgehead atoms. The number of fused-ring (bicyclic) bond motifs is 1. The Bertz CT molecular complexity index is 84.1. The summed E-state index contributed by atoms with van der Waals surface area (Å²) in [6.07, 6.45) is 0. The van der Waals surface area contributed by atoms with E-state index in [4.69, 9.17) is 4.74 Å². The molecule has 0 aromatic carbocycles. The van der Waals surface area contributed by atoms with Gasteiger partial charge in [0.2, 0.25) is 0 Å². The summed E-state index contributed by atoms with van der Waals surface area (Å²) in [4.78, 5) is 2.35. The zero-order valence-corrected chi connectivity index (χ0v) is 4.42. The molecule has 0 aromatic rings. The predicted octanol–water partition coefficient (Wildman–Crippen LogP) is -0.301. The van der Waals surface area contributed by atoms with Gasteiger partial charge in [-0.05, 0) is 7.05 Å². The number of morpholine rings is 1. The molecule has 2 aliphatic heterocycles. The second-order valence-corrected chi connectivity index (χ2v) is 2.34. The van der Waals surface area contributed by atoms with Gasteiger partial charge in [-0.25, -0.2) is 0 Å². The molecule has 2 fully saturated rings. The molecule has 0 radical (unpaired) electrons. The van der Waals surface area contributed by atoms with Crippen molar-refractivity contribution in [2.45, 2.75) is 12.1 Å². The average Bonchev–Trinajstić information content (AvgIpc) is 2.26. The standard InChI is InChI=1S/C5H9NO/c1-6-4-2-7-3-5(4)6/h4-5H,2-3H2,1H3. The van der Waals surface area contributed by atoms with Gasteiger partial charge < -0.3 is 4.74 Å². The molecular formula is C5H9NO. The molecule has 2 heterocycles. The first-order valence-corrected chi connectivity index (χ1v) is 2.69. The first-order chi connectivity index (χ1) is 3.39. The molecule has 2 heteroatoms. The maximum absolute atomic E-state index is 5.14. The lowest BCUT2D eigenvalue weighted by molar-refractivity contribution is 0.144. The molecule has 2 saturated heterocycles. The lowest BCUT2D eigenvalue weighted by Gasteiger charge is -1.97. The van der Waals surface area contributed by atoms with E-state index in [0.717, 1.165) is 25.3 Å². The van der Waals surface area contributed by atoms with Gasteiger partial charge in [0.1, 0.15) is 0 Å². The molecule has 0 amide bonds. The smallest absolute Gasteiger partial charge is 0.0638 e. The van der Waals surface area contributed by atoms with Gasteiger partial charge in [-0.2, -0.15) is 0 Å². The van der Waals surface area contributed by atoms with E-state index in [2.05, 4.69) is 11.9 Å². The second kappa shape index (κ2) is 1.01. The second-order valence-electron chi connectivity index (χ2n) is 2.34. The van der Waals surface area contributed by atoms with Gasteiger partial charge in [-0.1, -0.05) is 0 Å². The van der Waals surface area contributed by atoms with Crippen LogP contribution in [-0.2, 0) is 4.74 Å². The molecule has 40 valence electrons. The van der Waals surface area contributed by atoms with Crippen LogP contribution in [0.4, 0.5) is 0 Å². The van der Waals surface area contributed by atoms with Crippen molar-refractivity contribution >= 4 is 0 Å². The van der Waals surface area contributed by atoms with Crippen LogP contribution in [0.2, 0.25) is 0 Å². The summed E-state index contributed by atoms with van der Waals surface area (Å²) in [6.45, 7) is 1.95. The normalized spacial score (nSPS) is 57.0. The monoisotopic (exact) mass is 99.1 g/mol. The van der Waals surface area contributed by atoms with Gasteiger partial charge in [-0.3, -0.25) is 4.90 Å². The van der Waals surface area contributed by atoms with E-state index in [1.54, 1.807) is 0 Å². The minimum absolute atomic E-state index is 0.792. The Kier molecular flexibility index (Phi) is 0.557. The van der Waals surface area contributed by atoms with Crippen LogP contribution in [0, 0.1) is 0 Å². The van der Waals surface area contributed by atoms with Crippen molar-refractivity contribution in [1.29, 1.82) is 0 Å². The van der Waals surface area contributed by atoms with Crippen molar-refractivity contribution < 1.29 is 4.74 Å². The van der Waals surface area contributed by atoms with Crippen LogP contribution in [0.5, 0.6) is 0 Å². The van der Waals surface area contributed by atoms with Crippen molar-refractivity contribution in [2.75, 3.05) is 20.3 Å². The van der Waals surface area contributed by atoms with Crippen molar-refractivity contribution in [3.8, 4) is 0 Å². The van der Waals surface area contributed by atoms with Gasteiger partial charge in [0, 0.05) is 0 Å². The van der Waals surface area contributed by atoms with Gasteiger partial charge >= 0.3 is 0 Å². The van der Waals surface area contributed by atoms with Crippen molar-refractivity contribution in [3.63, 3.8) is 0 Å². The van der Waals surface area contributed by atoms with Gasteiger partial charge in [0.25, 0.3) is 0 Å². The fraction of sp³-hybridized carbons (Fsp3) is 1.00. The van der Waals surface area contributed by atoms with Crippen molar-refractivity contribution in [2.24, 2.45) is 0 Å². The highest BCUT2D eigenvalue weighted by Crippen LogP contribution is 2.30. The summed E-state index contributed by atoms with van der Waals surface area (Å²) in [7, 11) is 2.15. The summed E-state index contributed by atoms with van der Waals surface area (Å²) in [5.74, 6) is 0. The molecule has 2 nitrogen and oxygen atoms in total. The number of nitrogens with zero attached hydrogens (tertiary/aromatic N) is 1. The Morgan fingerprint density at radius 3 is 2.29 bits per heavy atom. The first-order valence-electron chi connectivity index (χ1n) is 2.69. The number of hydrogen-bond acceptors (Lipinski definition) is 2. The van der Waals surface area contributed by atoms with Gasteiger partial charge in [0.05, 0.1) is 25.3 Å². The van der Waals surface area contributed by atoms with E-state index in [1.165, 1.54) is 0 Å². The fourth-order valence-corrected chi connectivity index (χ4v) is 1.24. The minimum Gasteiger partial charge on any atom is -0.378 e. The lowest BCUT2D eigenvalue weighted by atomic mass is 10.4. The largest absolute Gasteiger partial charge is 0.378 e. The predicted molar refractivity (Wildman–Crippen MR) is 26.2 cm³/mol. The third kappa shape index (κ3) is 0.359. The van der Waals surface area contributed by atoms with Crippen LogP contribution < -0.4 is 0 Å². The van der Waals surface area contributed by atoms with E-state index < -0.39 is 0 Å². The first kappa shape index (κ1) is 3.87. The van der Waals surface area contributed by atoms with E-state index in [1.807, 2.05) is 0 Å². The van der Waals surface area contributed by atoms with E-state index >= 15 is 0 Å². The highest BCUT2D eigenvalue weighted by molar-refractivity contribution is 5.03. The van der Waals surface area contributed by atoms with Gasteiger partial charge in [-0.15, -0.1) is 0 Å². The Balaban J connectivity index is 2.06. The Hall–Kier alpha value is -0.0800. The third-order valence-corrected chi connectivity index (χ3v) is 1.98. The topological polar surface area (TPSA) is 12.2 Å². The SMILES string of the molecule is CN1C2COCC21. The average molecular weight is 99.1 g/mol. The zero-order valence-electron chi connectivity index (χ0n) is 4.42. The maximum atomic E-state index is 5.14. The van der Waals surface area contributed by atoms with Crippen molar-refractivity contribution in [1.82, 2.24) is 4.90 Å². The molecule has 0 aromatic heterocycles. The van der Waals surface area contributed by atoms with Crippen LogP contribution in [0.25, 0.3) is 0 Å². The van der Waals surface area contributed by atoms with Crippen LogP contribution in [0.3, 0.4) is 0 Å². The number of hydrogen-bond donors (Lipinski definition) is 0. The van der Waals surface area contributed by atoms with Crippen LogP contribution in [0.15, 0.2) is 0 Å².